The molecule has 0 aliphatic heterocycles. The summed E-state index contributed by atoms with van der Waals surface area (Å²) in [5.74, 6) is 2.39. The number of aromatic nitrogens is 4. The number of nitrogens with one attached hydrogen (secondary N) is 1. The molecule has 0 aliphatic rings. The Kier molecular flexibility index (Phi) is 4.20. The van der Waals surface area contributed by atoms with Gasteiger partial charge in [0.15, 0.2) is 17.3 Å². The van der Waals surface area contributed by atoms with Crippen molar-refractivity contribution in [1.82, 2.24) is 20.2 Å². The van der Waals surface area contributed by atoms with Crippen LogP contribution in [-0.4, -0.2) is 34.4 Å². The molecule has 7 heteroatoms. The maximum absolute atomic E-state index is 6.28. The molecule has 3 rings (SSSR count). The Hall–Kier alpha value is -2.93. The van der Waals surface area contributed by atoms with Crippen molar-refractivity contribution in [3.8, 4) is 22.9 Å². The van der Waals surface area contributed by atoms with Crippen LogP contribution in [0, 0.1) is 0 Å². The van der Waals surface area contributed by atoms with Gasteiger partial charge in [-0.3, -0.25) is 10.1 Å². The van der Waals surface area contributed by atoms with Crippen LogP contribution in [0.5, 0.6) is 11.5 Å². The molecule has 3 N–H and O–H groups in total. The van der Waals surface area contributed by atoms with E-state index in [1.165, 1.54) is 0 Å². The smallest absolute Gasteiger partial charge is 0.182 e. The summed E-state index contributed by atoms with van der Waals surface area (Å²) in [6, 6.07) is 8.79. The zero-order valence-corrected chi connectivity index (χ0v) is 12.9. The van der Waals surface area contributed by atoms with Gasteiger partial charge in [-0.05, 0) is 29.8 Å². The summed E-state index contributed by atoms with van der Waals surface area (Å²) in [6.45, 7) is 0. The molecule has 1 aromatic carbocycles. The van der Waals surface area contributed by atoms with Crippen LogP contribution >= 0.6 is 0 Å². The number of hydrogen-bond acceptors (Lipinski definition) is 6. The predicted octanol–water partition coefficient (Wildman–Crippen LogP) is 1.93. The third-order valence-corrected chi connectivity index (χ3v) is 3.48. The highest BCUT2D eigenvalue weighted by Crippen LogP contribution is 2.30. The average molecular weight is 311 g/mol. The highest BCUT2D eigenvalue weighted by atomic mass is 16.5. The van der Waals surface area contributed by atoms with E-state index < -0.39 is 6.04 Å². The fourth-order valence-electron chi connectivity index (χ4n) is 2.24. The number of H-pyrrole nitrogens is 1. The molecule has 7 nitrogen and oxygen atoms in total. The lowest BCUT2D eigenvalue weighted by atomic mass is 10.1. The summed E-state index contributed by atoms with van der Waals surface area (Å²) in [6.07, 6.45) is 3.40. The van der Waals surface area contributed by atoms with Crippen LogP contribution in [0.1, 0.15) is 17.4 Å². The topological polar surface area (TPSA) is 98.9 Å². The van der Waals surface area contributed by atoms with Crippen LogP contribution in [0.25, 0.3) is 11.4 Å². The van der Waals surface area contributed by atoms with Crippen LogP contribution in [-0.2, 0) is 0 Å². The van der Waals surface area contributed by atoms with E-state index in [9.17, 15) is 0 Å². The van der Waals surface area contributed by atoms with Gasteiger partial charge in [0, 0.05) is 18.0 Å². The van der Waals surface area contributed by atoms with Crippen molar-refractivity contribution < 1.29 is 9.47 Å². The quantitative estimate of drug-likeness (QED) is 0.747. The molecule has 0 bridgehead atoms. The van der Waals surface area contributed by atoms with E-state index in [1.54, 1.807) is 26.6 Å². The van der Waals surface area contributed by atoms with E-state index >= 15 is 0 Å². The maximum Gasteiger partial charge on any atom is 0.182 e. The van der Waals surface area contributed by atoms with Gasteiger partial charge in [0.25, 0.3) is 0 Å². The molecule has 0 fully saturated rings. The molecule has 118 valence electrons. The number of aromatic amines is 1. The first-order valence-electron chi connectivity index (χ1n) is 7.03. The van der Waals surface area contributed by atoms with Gasteiger partial charge in [-0.15, -0.1) is 0 Å². The Morgan fingerprint density at radius 3 is 2.65 bits per heavy atom. The minimum Gasteiger partial charge on any atom is -0.493 e. The lowest BCUT2D eigenvalue weighted by molar-refractivity contribution is 0.354. The summed E-state index contributed by atoms with van der Waals surface area (Å²) in [5, 5.41) is 7.08. The SMILES string of the molecule is COc1ccc([C@H](N)c2nc(-c3cccnc3)n[nH]2)cc1OC. The molecule has 0 aliphatic carbocycles. The third-order valence-electron chi connectivity index (χ3n) is 3.48. The van der Waals surface area contributed by atoms with Gasteiger partial charge in [0.05, 0.1) is 20.3 Å². The summed E-state index contributed by atoms with van der Waals surface area (Å²) in [4.78, 5) is 8.51. The molecular weight excluding hydrogens is 294 g/mol. The van der Waals surface area contributed by atoms with Crippen LogP contribution < -0.4 is 15.2 Å². The molecule has 3 aromatic rings. The first-order valence-corrected chi connectivity index (χ1v) is 7.03. The third kappa shape index (κ3) is 3.00. The minimum atomic E-state index is -0.451. The molecule has 0 unspecified atom stereocenters. The minimum absolute atomic E-state index is 0.451. The zero-order valence-electron chi connectivity index (χ0n) is 12.9. The van der Waals surface area contributed by atoms with Crippen LogP contribution in [0.4, 0.5) is 0 Å². The molecule has 0 spiro atoms. The molecule has 0 saturated heterocycles. The number of ether oxygens (including phenoxy) is 2. The first kappa shape index (κ1) is 15.0. The predicted molar refractivity (Wildman–Crippen MR) is 85.2 cm³/mol. The molecule has 0 amide bonds. The van der Waals surface area contributed by atoms with E-state index in [0.717, 1.165) is 11.1 Å². The molecule has 0 radical (unpaired) electrons. The second kappa shape index (κ2) is 6.45. The Morgan fingerprint density at radius 1 is 1.13 bits per heavy atom. The molecule has 2 heterocycles. The Morgan fingerprint density at radius 2 is 1.96 bits per heavy atom. The van der Waals surface area contributed by atoms with Crippen molar-refractivity contribution in [2.24, 2.45) is 5.73 Å². The number of hydrogen-bond donors (Lipinski definition) is 2. The highest BCUT2D eigenvalue weighted by Gasteiger charge is 2.17. The number of nitrogens with two attached hydrogens (primary N) is 1. The second-order valence-electron chi connectivity index (χ2n) is 4.88. The zero-order chi connectivity index (χ0) is 16.2. The number of nitrogens with zero attached hydrogens (tertiary/aromatic N) is 3. The highest BCUT2D eigenvalue weighted by molar-refractivity contribution is 5.52. The molecular formula is C16H17N5O2. The maximum atomic E-state index is 6.28. The van der Waals surface area contributed by atoms with Crippen LogP contribution in [0.15, 0.2) is 42.7 Å². The van der Waals surface area contributed by atoms with Crippen molar-refractivity contribution in [1.29, 1.82) is 0 Å². The Labute approximate surface area is 133 Å². The number of benzene rings is 1. The summed E-state index contributed by atoms with van der Waals surface area (Å²) in [7, 11) is 3.18. The van der Waals surface area contributed by atoms with Crippen molar-refractivity contribution in [3.05, 3.63) is 54.1 Å². The number of pyridine rings is 1. The van der Waals surface area contributed by atoms with Crippen molar-refractivity contribution in [2.75, 3.05) is 14.2 Å². The van der Waals surface area contributed by atoms with Crippen molar-refractivity contribution >= 4 is 0 Å². The van der Waals surface area contributed by atoms with E-state index in [0.29, 0.717) is 23.1 Å². The number of rotatable bonds is 5. The van der Waals surface area contributed by atoms with Crippen LogP contribution in [0.2, 0.25) is 0 Å². The van der Waals surface area contributed by atoms with E-state index in [2.05, 4.69) is 20.2 Å². The first-order chi connectivity index (χ1) is 11.2. The lowest BCUT2D eigenvalue weighted by Gasteiger charge is -2.12. The Balaban J connectivity index is 1.89. The molecule has 23 heavy (non-hydrogen) atoms. The average Bonchev–Trinajstić information content (AvgIpc) is 3.11. The van der Waals surface area contributed by atoms with Gasteiger partial charge in [-0.2, -0.15) is 5.10 Å². The van der Waals surface area contributed by atoms with Gasteiger partial charge in [-0.1, -0.05) is 6.07 Å². The van der Waals surface area contributed by atoms with E-state index in [1.807, 2.05) is 30.3 Å². The van der Waals surface area contributed by atoms with E-state index in [4.69, 9.17) is 15.2 Å². The standard InChI is InChI=1S/C16H17N5O2/c1-22-12-6-5-10(8-13(12)23-2)14(17)16-19-15(20-21-16)11-4-3-7-18-9-11/h3-9,14H,17H2,1-2H3,(H,19,20,21)/t14-/m0/s1. The lowest BCUT2D eigenvalue weighted by Crippen LogP contribution is -2.14. The van der Waals surface area contributed by atoms with E-state index in [-0.39, 0.29) is 0 Å². The van der Waals surface area contributed by atoms with Crippen molar-refractivity contribution in [2.45, 2.75) is 6.04 Å². The second-order valence-corrected chi connectivity index (χ2v) is 4.88. The largest absolute Gasteiger partial charge is 0.493 e. The number of methoxy groups -OCH3 is 2. The summed E-state index contributed by atoms with van der Waals surface area (Å²) in [5.41, 5.74) is 7.95. The molecule has 1 atom stereocenters. The monoisotopic (exact) mass is 311 g/mol. The van der Waals surface area contributed by atoms with Gasteiger partial charge >= 0.3 is 0 Å². The Bertz CT molecular complexity index is 788. The fraction of sp³-hybridized carbons (Fsp3) is 0.188. The normalized spacial score (nSPS) is 12.0. The summed E-state index contributed by atoms with van der Waals surface area (Å²) >= 11 is 0. The summed E-state index contributed by atoms with van der Waals surface area (Å²) < 4.78 is 10.5. The van der Waals surface area contributed by atoms with Crippen molar-refractivity contribution in [3.63, 3.8) is 0 Å². The van der Waals surface area contributed by atoms with Gasteiger partial charge in [0.2, 0.25) is 0 Å². The molecule has 0 saturated carbocycles. The van der Waals surface area contributed by atoms with Gasteiger partial charge < -0.3 is 15.2 Å². The van der Waals surface area contributed by atoms with Gasteiger partial charge in [-0.25, -0.2) is 4.98 Å². The van der Waals surface area contributed by atoms with Gasteiger partial charge in [0.1, 0.15) is 5.82 Å². The molecule has 2 aromatic heterocycles. The fourth-order valence-corrected chi connectivity index (χ4v) is 2.24. The van der Waals surface area contributed by atoms with Crippen LogP contribution in [0.3, 0.4) is 0 Å².